The Morgan fingerprint density at radius 1 is 1.42 bits per heavy atom. The first-order valence-corrected chi connectivity index (χ1v) is 4.78. The van der Waals surface area contributed by atoms with Crippen LogP contribution in [0.5, 0.6) is 0 Å². The maximum Gasteiger partial charge on any atom is 0.0503 e. The standard InChI is InChI=1S/C10H21NO/c1-10(2,3)11-6-5-9(7-11)8-12-4/h9H,5-8H2,1-4H3. The highest BCUT2D eigenvalue weighted by Crippen LogP contribution is 2.24. The monoisotopic (exact) mass is 171 g/mol. The molecule has 72 valence electrons. The quantitative estimate of drug-likeness (QED) is 0.627. The smallest absolute Gasteiger partial charge is 0.0503 e. The zero-order chi connectivity index (χ0) is 9.19. The van der Waals surface area contributed by atoms with Crippen molar-refractivity contribution in [2.24, 2.45) is 5.92 Å². The van der Waals surface area contributed by atoms with E-state index in [9.17, 15) is 0 Å². The first-order chi connectivity index (χ1) is 5.54. The Balaban J connectivity index is 2.35. The molecule has 1 aliphatic heterocycles. The van der Waals surface area contributed by atoms with Crippen LogP contribution in [0, 0.1) is 5.92 Å². The molecule has 2 heteroatoms. The van der Waals surface area contributed by atoms with Crippen molar-refractivity contribution in [3.05, 3.63) is 0 Å². The van der Waals surface area contributed by atoms with Crippen LogP contribution in [-0.4, -0.2) is 37.2 Å². The predicted molar refractivity (Wildman–Crippen MR) is 51.3 cm³/mol. The van der Waals surface area contributed by atoms with Crippen molar-refractivity contribution < 1.29 is 4.74 Å². The molecule has 0 aromatic carbocycles. The lowest BCUT2D eigenvalue weighted by Crippen LogP contribution is -2.39. The Morgan fingerprint density at radius 2 is 2.08 bits per heavy atom. The number of hydrogen-bond acceptors (Lipinski definition) is 2. The van der Waals surface area contributed by atoms with Gasteiger partial charge in [0.15, 0.2) is 0 Å². The van der Waals surface area contributed by atoms with Gasteiger partial charge in [-0.05, 0) is 39.7 Å². The Labute approximate surface area is 75.9 Å². The lowest BCUT2D eigenvalue weighted by molar-refractivity contribution is 0.131. The molecule has 0 aromatic heterocycles. The van der Waals surface area contributed by atoms with E-state index in [1.165, 1.54) is 19.5 Å². The van der Waals surface area contributed by atoms with Gasteiger partial charge in [0, 0.05) is 19.2 Å². The normalized spacial score (nSPS) is 26.5. The molecule has 1 unspecified atom stereocenters. The van der Waals surface area contributed by atoms with Crippen LogP contribution in [-0.2, 0) is 4.74 Å². The van der Waals surface area contributed by atoms with Crippen LogP contribution in [0.2, 0.25) is 0 Å². The molecule has 2 nitrogen and oxygen atoms in total. The molecule has 1 rings (SSSR count). The molecule has 1 fully saturated rings. The van der Waals surface area contributed by atoms with Gasteiger partial charge in [0.05, 0.1) is 6.61 Å². The summed E-state index contributed by atoms with van der Waals surface area (Å²) in [7, 11) is 1.79. The second-order valence-electron chi connectivity index (χ2n) is 4.73. The van der Waals surface area contributed by atoms with Crippen LogP contribution in [0.25, 0.3) is 0 Å². The van der Waals surface area contributed by atoms with Gasteiger partial charge >= 0.3 is 0 Å². The third-order valence-corrected chi connectivity index (χ3v) is 2.64. The van der Waals surface area contributed by atoms with Crippen molar-refractivity contribution in [3.63, 3.8) is 0 Å². The van der Waals surface area contributed by atoms with E-state index < -0.39 is 0 Å². The molecule has 0 radical (unpaired) electrons. The van der Waals surface area contributed by atoms with Crippen molar-refractivity contribution in [1.82, 2.24) is 4.90 Å². The van der Waals surface area contributed by atoms with Crippen LogP contribution in [0.4, 0.5) is 0 Å². The average molecular weight is 171 g/mol. The Bertz CT molecular complexity index is 139. The zero-order valence-electron chi connectivity index (χ0n) is 8.76. The molecule has 0 saturated carbocycles. The summed E-state index contributed by atoms with van der Waals surface area (Å²) < 4.78 is 5.16. The number of hydrogen-bond donors (Lipinski definition) is 0. The van der Waals surface area contributed by atoms with Crippen LogP contribution in [0.1, 0.15) is 27.2 Å². The summed E-state index contributed by atoms with van der Waals surface area (Å²) in [5.41, 5.74) is 0.336. The topological polar surface area (TPSA) is 12.5 Å². The highest BCUT2D eigenvalue weighted by Gasteiger charge is 2.29. The summed E-state index contributed by atoms with van der Waals surface area (Å²) in [5.74, 6) is 0.759. The maximum atomic E-state index is 5.16. The van der Waals surface area contributed by atoms with Crippen molar-refractivity contribution in [3.8, 4) is 0 Å². The van der Waals surface area contributed by atoms with Crippen LogP contribution in [0.3, 0.4) is 0 Å². The minimum absolute atomic E-state index is 0.336. The summed E-state index contributed by atoms with van der Waals surface area (Å²) in [6.45, 7) is 10.2. The van der Waals surface area contributed by atoms with Gasteiger partial charge in [-0.3, -0.25) is 4.90 Å². The summed E-state index contributed by atoms with van der Waals surface area (Å²) in [4.78, 5) is 2.54. The van der Waals surface area contributed by atoms with E-state index in [-0.39, 0.29) is 0 Å². The third-order valence-electron chi connectivity index (χ3n) is 2.64. The van der Waals surface area contributed by atoms with Gasteiger partial charge in [-0.1, -0.05) is 0 Å². The minimum atomic E-state index is 0.336. The van der Waals surface area contributed by atoms with Crippen molar-refractivity contribution >= 4 is 0 Å². The Hall–Kier alpha value is -0.0800. The van der Waals surface area contributed by atoms with Gasteiger partial charge < -0.3 is 4.74 Å². The first kappa shape index (κ1) is 10.0. The van der Waals surface area contributed by atoms with Gasteiger partial charge in [-0.15, -0.1) is 0 Å². The van der Waals surface area contributed by atoms with Gasteiger partial charge in [-0.25, -0.2) is 0 Å². The summed E-state index contributed by atoms with van der Waals surface area (Å²) in [5, 5.41) is 0. The molecule has 12 heavy (non-hydrogen) atoms. The van der Waals surface area contributed by atoms with Gasteiger partial charge in [-0.2, -0.15) is 0 Å². The number of methoxy groups -OCH3 is 1. The fraction of sp³-hybridized carbons (Fsp3) is 1.00. The molecule has 1 saturated heterocycles. The molecule has 0 N–H and O–H groups in total. The number of rotatable bonds is 2. The van der Waals surface area contributed by atoms with Crippen molar-refractivity contribution in [2.75, 3.05) is 26.8 Å². The molecule has 0 aromatic rings. The van der Waals surface area contributed by atoms with E-state index in [1.54, 1.807) is 7.11 Å². The first-order valence-electron chi connectivity index (χ1n) is 4.78. The molecule has 0 amide bonds. The van der Waals surface area contributed by atoms with Crippen LogP contribution in [0.15, 0.2) is 0 Å². The average Bonchev–Trinajstić information content (AvgIpc) is 2.35. The second kappa shape index (κ2) is 3.75. The number of nitrogens with zero attached hydrogens (tertiary/aromatic N) is 1. The Kier molecular flexibility index (Phi) is 3.13. The predicted octanol–water partition coefficient (Wildman–Crippen LogP) is 1.75. The van der Waals surface area contributed by atoms with Crippen LogP contribution < -0.4 is 0 Å². The van der Waals surface area contributed by atoms with Crippen molar-refractivity contribution in [1.29, 1.82) is 0 Å². The molecular formula is C10H21NO. The number of likely N-dealkylation sites (tertiary alicyclic amines) is 1. The fourth-order valence-corrected chi connectivity index (χ4v) is 1.81. The number of ether oxygens (including phenoxy) is 1. The van der Waals surface area contributed by atoms with E-state index in [0.717, 1.165) is 12.5 Å². The SMILES string of the molecule is COCC1CCN(C(C)(C)C)C1. The fourth-order valence-electron chi connectivity index (χ4n) is 1.81. The summed E-state index contributed by atoms with van der Waals surface area (Å²) in [6.07, 6.45) is 1.30. The molecule has 1 heterocycles. The van der Waals surface area contributed by atoms with E-state index in [4.69, 9.17) is 4.74 Å². The molecule has 1 aliphatic rings. The van der Waals surface area contributed by atoms with E-state index in [2.05, 4.69) is 25.7 Å². The van der Waals surface area contributed by atoms with Crippen LogP contribution >= 0.6 is 0 Å². The molecule has 1 atom stereocenters. The summed E-state index contributed by atoms with van der Waals surface area (Å²) in [6, 6.07) is 0. The molecule has 0 bridgehead atoms. The van der Waals surface area contributed by atoms with Gasteiger partial charge in [0.2, 0.25) is 0 Å². The molecular weight excluding hydrogens is 150 g/mol. The highest BCUT2D eigenvalue weighted by atomic mass is 16.5. The molecule has 0 spiro atoms. The Morgan fingerprint density at radius 3 is 2.50 bits per heavy atom. The summed E-state index contributed by atoms with van der Waals surface area (Å²) >= 11 is 0. The van der Waals surface area contributed by atoms with Gasteiger partial charge in [0.1, 0.15) is 0 Å². The minimum Gasteiger partial charge on any atom is -0.384 e. The van der Waals surface area contributed by atoms with Crippen molar-refractivity contribution in [2.45, 2.75) is 32.7 Å². The third kappa shape index (κ3) is 2.46. The second-order valence-corrected chi connectivity index (χ2v) is 4.73. The zero-order valence-corrected chi connectivity index (χ0v) is 8.76. The maximum absolute atomic E-state index is 5.16. The highest BCUT2D eigenvalue weighted by molar-refractivity contribution is 4.84. The van der Waals surface area contributed by atoms with E-state index in [1.807, 2.05) is 0 Å². The van der Waals surface area contributed by atoms with E-state index in [0.29, 0.717) is 5.54 Å². The van der Waals surface area contributed by atoms with Gasteiger partial charge in [0.25, 0.3) is 0 Å². The van der Waals surface area contributed by atoms with E-state index >= 15 is 0 Å². The lowest BCUT2D eigenvalue weighted by atomic mass is 10.1. The lowest BCUT2D eigenvalue weighted by Gasteiger charge is -2.31. The molecule has 0 aliphatic carbocycles. The largest absolute Gasteiger partial charge is 0.384 e.